The van der Waals surface area contributed by atoms with Crippen LogP contribution in [0, 0.1) is 5.41 Å². The largest absolute Gasteiger partial charge is 0.356 e. The molecule has 2 aromatic heterocycles. The molecule has 0 aliphatic carbocycles. The number of nitrogens with two attached hydrogens (primary N) is 1. The quantitative estimate of drug-likeness (QED) is 0.347. The number of sulfonamides is 1. The number of anilines is 3. The molecule has 10 nitrogen and oxygen atoms in total. The fourth-order valence-electron chi connectivity index (χ4n) is 5.56. The minimum Gasteiger partial charge on any atom is -0.356 e. The number of fused-ring (bicyclic) bond motifs is 1. The van der Waals surface area contributed by atoms with E-state index in [1.54, 1.807) is 12.1 Å². The molecule has 11 heteroatoms. The average molecular weight is 532 g/mol. The maximum absolute atomic E-state index is 13.5. The molecule has 2 saturated heterocycles. The zero-order valence-electron chi connectivity index (χ0n) is 20.8. The van der Waals surface area contributed by atoms with Crippen LogP contribution in [-0.4, -0.2) is 53.8 Å². The van der Waals surface area contributed by atoms with E-state index < -0.39 is 10.0 Å². The van der Waals surface area contributed by atoms with Crippen LogP contribution >= 0.6 is 0 Å². The Morgan fingerprint density at radius 2 is 1.74 bits per heavy atom. The van der Waals surface area contributed by atoms with Crippen LogP contribution in [0.1, 0.15) is 24.8 Å². The smallest absolute Gasteiger partial charge is 0.238 e. The summed E-state index contributed by atoms with van der Waals surface area (Å²) in [5.74, 6) is 1.38. The summed E-state index contributed by atoms with van der Waals surface area (Å²) in [7, 11) is -3.83. The molecule has 2 aliphatic heterocycles. The molecular weight excluding hydrogens is 502 g/mol. The third kappa shape index (κ3) is 4.59. The van der Waals surface area contributed by atoms with Crippen molar-refractivity contribution in [2.24, 2.45) is 10.6 Å². The lowest BCUT2D eigenvalue weighted by molar-refractivity contribution is -0.137. The molecule has 0 unspecified atom stereocenters. The van der Waals surface area contributed by atoms with Gasteiger partial charge in [0.2, 0.25) is 21.9 Å². The number of nitrogens with zero attached hydrogens (tertiary/aromatic N) is 4. The SMILES string of the molecule is NS(=O)(=O)c1cccc(Nc2nc(N3CCC4(CCN(Cc5ccccc5)C4=O)CC3)c3cc[nH]c3n2)c1. The molecule has 2 fully saturated rings. The van der Waals surface area contributed by atoms with Crippen molar-refractivity contribution in [3.05, 3.63) is 72.4 Å². The molecular formula is C27H29N7O3S. The second kappa shape index (κ2) is 9.41. The lowest BCUT2D eigenvalue weighted by Crippen LogP contribution is -2.45. The van der Waals surface area contributed by atoms with Crippen molar-refractivity contribution in [2.45, 2.75) is 30.7 Å². The lowest BCUT2D eigenvalue weighted by Gasteiger charge is -2.38. The van der Waals surface area contributed by atoms with Crippen LogP contribution in [0.3, 0.4) is 0 Å². The maximum atomic E-state index is 13.5. The van der Waals surface area contributed by atoms with E-state index in [0.29, 0.717) is 36.9 Å². The number of H-pyrrole nitrogens is 1. The van der Waals surface area contributed by atoms with Crippen molar-refractivity contribution in [2.75, 3.05) is 29.9 Å². The van der Waals surface area contributed by atoms with E-state index in [-0.39, 0.29) is 16.2 Å². The molecule has 196 valence electrons. The molecule has 1 amide bonds. The summed E-state index contributed by atoms with van der Waals surface area (Å²) in [6, 6.07) is 18.3. The Bertz CT molecular complexity index is 1600. The predicted octanol–water partition coefficient (Wildman–Crippen LogP) is 3.37. The number of piperidine rings is 1. The first-order chi connectivity index (χ1) is 18.3. The second-order valence-electron chi connectivity index (χ2n) is 10.0. The fraction of sp³-hybridized carbons (Fsp3) is 0.296. The van der Waals surface area contributed by atoms with Gasteiger partial charge in [0.25, 0.3) is 0 Å². The van der Waals surface area contributed by atoms with E-state index >= 15 is 0 Å². The normalized spacial score (nSPS) is 17.4. The van der Waals surface area contributed by atoms with Gasteiger partial charge in [-0.2, -0.15) is 9.97 Å². The molecule has 1 spiro atoms. The van der Waals surface area contributed by atoms with Crippen molar-refractivity contribution in [1.29, 1.82) is 0 Å². The van der Waals surface area contributed by atoms with E-state index in [9.17, 15) is 13.2 Å². The molecule has 4 N–H and O–H groups in total. The number of hydrogen-bond acceptors (Lipinski definition) is 7. The number of hydrogen-bond donors (Lipinski definition) is 3. The van der Waals surface area contributed by atoms with Gasteiger partial charge in [0.05, 0.1) is 15.7 Å². The number of amides is 1. The van der Waals surface area contributed by atoms with Crippen molar-refractivity contribution in [1.82, 2.24) is 19.9 Å². The van der Waals surface area contributed by atoms with Crippen molar-refractivity contribution in [3.8, 4) is 0 Å². The summed E-state index contributed by atoms with van der Waals surface area (Å²) in [4.78, 5) is 30.2. The van der Waals surface area contributed by atoms with Gasteiger partial charge in [0.15, 0.2) is 0 Å². The molecule has 0 atom stereocenters. The van der Waals surface area contributed by atoms with Crippen LogP contribution in [0.15, 0.2) is 71.8 Å². The van der Waals surface area contributed by atoms with E-state index in [1.165, 1.54) is 12.1 Å². The Balaban J connectivity index is 1.20. The van der Waals surface area contributed by atoms with E-state index in [1.807, 2.05) is 35.4 Å². The number of carbonyl (C=O) groups is 1. The van der Waals surface area contributed by atoms with Gasteiger partial charge in [-0.15, -0.1) is 0 Å². The van der Waals surface area contributed by atoms with Crippen molar-refractivity contribution < 1.29 is 13.2 Å². The summed E-state index contributed by atoms with van der Waals surface area (Å²) < 4.78 is 23.5. The van der Waals surface area contributed by atoms with Gasteiger partial charge in [0, 0.05) is 38.1 Å². The summed E-state index contributed by atoms with van der Waals surface area (Å²) >= 11 is 0. The summed E-state index contributed by atoms with van der Waals surface area (Å²) in [5, 5.41) is 9.29. The average Bonchev–Trinajstić information content (AvgIpc) is 3.50. The number of likely N-dealkylation sites (tertiary alicyclic amines) is 1. The van der Waals surface area contributed by atoms with Gasteiger partial charge >= 0.3 is 0 Å². The number of nitrogens with one attached hydrogen (secondary N) is 2. The molecule has 0 saturated carbocycles. The zero-order valence-corrected chi connectivity index (χ0v) is 21.6. The number of benzene rings is 2. The third-order valence-electron chi connectivity index (χ3n) is 7.65. The highest BCUT2D eigenvalue weighted by Crippen LogP contribution is 2.43. The Hall–Kier alpha value is -3.96. The van der Waals surface area contributed by atoms with Crippen LogP contribution < -0.4 is 15.4 Å². The summed E-state index contributed by atoms with van der Waals surface area (Å²) in [6.45, 7) is 2.86. The predicted molar refractivity (Wildman–Crippen MR) is 145 cm³/mol. The van der Waals surface area contributed by atoms with Crippen molar-refractivity contribution in [3.63, 3.8) is 0 Å². The summed E-state index contributed by atoms with van der Waals surface area (Å²) in [6.07, 6.45) is 4.24. The molecule has 4 heterocycles. The number of carbonyl (C=O) groups excluding carboxylic acids is 1. The van der Waals surface area contributed by atoms with Crippen LogP contribution in [0.2, 0.25) is 0 Å². The van der Waals surface area contributed by atoms with Gasteiger partial charge in [-0.3, -0.25) is 4.79 Å². The number of aromatic nitrogens is 3. The number of rotatable bonds is 6. The molecule has 0 bridgehead atoms. The standard InChI is InChI=1S/C27H29N7O3S/c28-38(36,37)21-8-4-7-20(17-21)30-26-31-23-22(9-13-29-23)24(32-26)33-14-10-27(11-15-33)12-16-34(25(27)35)18-19-5-2-1-3-6-19/h1-9,13,17H,10-12,14-16,18H2,(H2,28,36,37)(H2,29,30,31,32). The van der Waals surface area contributed by atoms with Crippen LogP contribution in [-0.2, 0) is 21.4 Å². The van der Waals surface area contributed by atoms with Crippen LogP contribution in [0.4, 0.5) is 17.5 Å². The van der Waals surface area contributed by atoms with Gasteiger partial charge in [-0.05, 0) is 49.1 Å². The number of primary sulfonamides is 1. The molecule has 0 radical (unpaired) electrons. The van der Waals surface area contributed by atoms with Gasteiger partial charge in [-0.1, -0.05) is 36.4 Å². The molecule has 2 aromatic carbocycles. The Morgan fingerprint density at radius 3 is 2.50 bits per heavy atom. The summed E-state index contributed by atoms with van der Waals surface area (Å²) in [5.41, 5.74) is 2.03. The van der Waals surface area contributed by atoms with Gasteiger partial charge in [0.1, 0.15) is 11.5 Å². The Morgan fingerprint density at radius 1 is 0.974 bits per heavy atom. The second-order valence-corrected chi connectivity index (χ2v) is 11.6. The topological polar surface area (TPSA) is 137 Å². The lowest BCUT2D eigenvalue weighted by atomic mass is 9.77. The van der Waals surface area contributed by atoms with E-state index in [0.717, 1.165) is 42.6 Å². The first-order valence-corrected chi connectivity index (χ1v) is 14.2. The fourth-order valence-corrected chi connectivity index (χ4v) is 6.12. The highest BCUT2D eigenvalue weighted by atomic mass is 32.2. The molecule has 38 heavy (non-hydrogen) atoms. The van der Waals surface area contributed by atoms with E-state index in [4.69, 9.17) is 10.1 Å². The third-order valence-corrected chi connectivity index (χ3v) is 8.56. The Kier molecular flexibility index (Phi) is 6.04. The first-order valence-electron chi connectivity index (χ1n) is 12.6. The van der Waals surface area contributed by atoms with E-state index in [2.05, 4.69) is 32.3 Å². The van der Waals surface area contributed by atoms with Crippen LogP contribution in [0.5, 0.6) is 0 Å². The zero-order chi connectivity index (χ0) is 26.3. The molecule has 6 rings (SSSR count). The number of aromatic amines is 1. The van der Waals surface area contributed by atoms with Crippen LogP contribution in [0.25, 0.3) is 11.0 Å². The monoisotopic (exact) mass is 531 g/mol. The molecule has 2 aliphatic rings. The maximum Gasteiger partial charge on any atom is 0.238 e. The highest BCUT2D eigenvalue weighted by Gasteiger charge is 2.48. The Labute approximate surface area is 220 Å². The van der Waals surface area contributed by atoms with Gasteiger partial charge < -0.3 is 20.1 Å². The van der Waals surface area contributed by atoms with Gasteiger partial charge in [-0.25, -0.2) is 13.6 Å². The minimum atomic E-state index is -3.83. The first kappa shape index (κ1) is 24.4. The van der Waals surface area contributed by atoms with Crippen molar-refractivity contribution >= 4 is 44.4 Å². The highest BCUT2D eigenvalue weighted by molar-refractivity contribution is 7.89. The molecule has 4 aromatic rings. The minimum absolute atomic E-state index is 0.00698.